The highest BCUT2D eigenvalue weighted by Crippen LogP contribution is 2.25. The average molecular weight is 330 g/mol. The maximum absolute atomic E-state index is 12.7. The number of likely N-dealkylation sites (tertiary alicyclic amines) is 1. The molecule has 1 aromatic heterocycles. The summed E-state index contributed by atoms with van der Waals surface area (Å²) in [6, 6.07) is 7.19. The van der Waals surface area contributed by atoms with Crippen LogP contribution in [-0.2, 0) is 6.54 Å². The number of nitrogens with zero attached hydrogens (tertiary/aromatic N) is 4. The van der Waals surface area contributed by atoms with Crippen LogP contribution in [0.15, 0.2) is 36.7 Å². The van der Waals surface area contributed by atoms with Crippen molar-refractivity contribution in [1.29, 1.82) is 0 Å². The third kappa shape index (κ3) is 3.73. The van der Waals surface area contributed by atoms with Crippen molar-refractivity contribution >= 4 is 5.91 Å². The summed E-state index contributed by atoms with van der Waals surface area (Å²) in [6.07, 6.45) is 4.71. The predicted molar refractivity (Wildman–Crippen MR) is 87.7 cm³/mol. The van der Waals surface area contributed by atoms with Crippen molar-refractivity contribution in [2.45, 2.75) is 31.9 Å². The first kappa shape index (κ1) is 16.4. The van der Waals surface area contributed by atoms with Crippen LogP contribution in [0.4, 0.5) is 0 Å². The molecule has 1 amide bonds. The van der Waals surface area contributed by atoms with Crippen LogP contribution in [0, 0.1) is 0 Å². The fraction of sp³-hybridized carbons (Fsp3) is 0.471. The fourth-order valence-corrected chi connectivity index (χ4v) is 2.90. The van der Waals surface area contributed by atoms with Gasteiger partial charge in [-0.05, 0) is 31.0 Å². The molecule has 0 bridgehead atoms. The molecule has 2 heterocycles. The Kier molecular flexibility index (Phi) is 4.80. The van der Waals surface area contributed by atoms with Crippen molar-refractivity contribution in [1.82, 2.24) is 19.9 Å². The molecule has 1 saturated heterocycles. The van der Waals surface area contributed by atoms with E-state index in [0.29, 0.717) is 37.4 Å². The van der Waals surface area contributed by atoms with Gasteiger partial charge in [0.2, 0.25) is 0 Å². The SMILES string of the molecule is CCCOc1cccc(C(=O)N2CCC(O)(Cn3ccnn3)C2)c1. The zero-order chi connectivity index (χ0) is 17.0. The van der Waals surface area contributed by atoms with Crippen LogP contribution < -0.4 is 4.74 Å². The number of ether oxygens (including phenoxy) is 1. The molecule has 1 N–H and O–H groups in total. The maximum Gasteiger partial charge on any atom is 0.254 e. The van der Waals surface area contributed by atoms with Gasteiger partial charge in [-0.15, -0.1) is 5.10 Å². The van der Waals surface area contributed by atoms with Crippen LogP contribution >= 0.6 is 0 Å². The molecule has 2 aromatic rings. The highest BCUT2D eigenvalue weighted by Gasteiger charge is 2.39. The van der Waals surface area contributed by atoms with Gasteiger partial charge in [-0.2, -0.15) is 0 Å². The molecule has 128 valence electrons. The van der Waals surface area contributed by atoms with Crippen molar-refractivity contribution in [3.8, 4) is 5.75 Å². The molecule has 7 heteroatoms. The molecule has 1 aromatic carbocycles. The minimum absolute atomic E-state index is 0.0912. The largest absolute Gasteiger partial charge is 0.494 e. The minimum atomic E-state index is -0.973. The van der Waals surface area contributed by atoms with Gasteiger partial charge in [0, 0.05) is 18.3 Å². The number of carbonyl (C=O) groups excluding carboxylic acids is 1. The van der Waals surface area contributed by atoms with Gasteiger partial charge in [-0.1, -0.05) is 18.2 Å². The number of aliphatic hydroxyl groups is 1. The molecule has 1 unspecified atom stereocenters. The number of carbonyl (C=O) groups is 1. The van der Waals surface area contributed by atoms with Gasteiger partial charge in [0.15, 0.2) is 0 Å². The maximum atomic E-state index is 12.7. The third-order valence-corrected chi connectivity index (χ3v) is 4.10. The van der Waals surface area contributed by atoms with Crippen molar-refractivity contribution < 1.29 is 14.6 Å². The molecule has 1 atom stereocenters. The Labute approximate surface area is 140 Å². The summed E-state index contributed by atoms with van der Waals surface area (Å²) in [5.41, 5.74) is -0.395. The summed E-state index contributed by atoms with van der Waals surface area (Å²) < 4.78 is 7.17. The van der Waals surface area contributed by atoms with E-state index in [1.807, 2.05) is 19.1 Å². The second-order valence-corrected chi connectivity index (χ2v) is 6.18. The van der Waals surface area contributed by atoms with Crippen LogP contribution in [-0.4, -0.2) is 56.2 Å². The van der Waals surface area contributed by atoms with E-state index in [4.69, 9.17) is 4.74 Å². The van der Waals surface area contributed by atoms with Gasteiger partial charge in [0.05, 0.1) is 25.9 Å². The van der Waals surface area contributed by atoms with E-state index in [0.717, 1.165) is 6.42 Å². The lowest BCUT2D eigenvalue weighted by atomic mass is 10.0. The third-order valence-electron chi connectivity index (χ3n) is 4.10. The first-order chi connectivity index (χ1) is 11.6. The summed E-state index contributed by atoms with van der Waals surface area (Å²) >= 11 is 0. The van der Waals surface area contributed by atoms with Gasteiger partial charge >= 0.3 is 0 Å². The van der Waals surface area contributed by atoms with E-state index in [1.54, 1.807) is 34.1 Å². The Balaban J connectivity index is 1.66. The highest BCUT2D eigenvalue weighted by molar-refractivity contribution is 5.94. The minimum Gasteiger partial charge on any atom is -0.494 e. The van der Waals surface area contributed by atoms with Crippen molar-refractivity contribution in [3.05, 3.63) is 42.2 Å². The summed E-state index contributed by atoms with van der Waals surface area (Å²) in [6.45, 7) is 3.79. The number of hydrogen-bond acceptors (Lipinski definition) is 5. The lowest BCUT2D eigenvalue weighted by molar-refractivity contribution is 0.0267. The molecule has 1 aliphatic rings. The number of benzene rings is 1. The molecule has 1 aliphatic heterocycles. The first-order valence-electron chi connectivity index (χ1n) is 8.18. The summed E-state index contributed by atoms with van der Waals surface area (Å²) in [7, 11) is 0. The van der Waals surface area contributed by atoms with E-state index >= 15 is 0 Å². The number of rotatable bonds is 6. The Morgan fingerprint density at radius 3 is 3.08 bits per heavy atom. The molecule has 3 rings (SSSR count). The van der Waals surface area contributed by atoms with Crippen molar-refractivity contribution in [2.24, 2.45) is 0 Å². The number of hydrogen-bond donors (Lipinski definition) is 1. The van der Waals surface area contributed by atoms with Crippen LogP contribution in [0.25, 0.3) is 0 Å². The van der Waals surface area contributed by atoms with Crippen LogP contribution in [0.1, 0.15) is 30.1 Å². The van der Waals surface area contributed by atoms with E-state index in [9.17, 15) is 9.90 Å². The van der Waals surface area contributed by atoms with E-state index < -0.39 is 5.60 Å². The molecule has 0 aliphatic carbocycles. The monoisotopic (exact) mass is 330 g/mol. The molecule has 0 saturated carbocycles. The Hall–Kier alpha value is -2.41. The Morgan fingerprint density at radius 1 is 1.46 bits per heavy atom. The number of β-amino-alcohol motifs (C(OH)–C–C–N with tert-alkyl or cyclic N) is 1. The lowest BCUT2D eigenvalue weighted by Gasteiger charge is -2.23. The van der Waals surface area contributed by atoms with Crippen LogP contribution in [0.5, 0.6) is 5.75 Å². The zero-order valence-electron chi connectivity index (χ0n) is 13.8. The second kappa shape index (κ2) is 7.00. The Bertz CT molecular complexity index is 689. The van der Waals surface area contributed by atoms with Crippen molar-refractivity contribution in [3.63, 3.8) is 0 Å². The second-order valence-electron chi connectivity index (χ2n) is 6.18. The van der Waals surface area contributed by atoms with E-state index in [2.05, 4.69) is 10.3 Å². The molecule has 0 radical (unpaired) electrons. The van der Waals surface area contributed by atoms with Crippen LogP contribution in [0.3, 0.4) is 0 Å². The predicted octanol–water partition coefficient (Wildman–Crippen LogP) is 1.34. The molecule has 0 spiro atoms. The van der Waals surface area contributed by atoms with Gasteiger partial charge < -0.3 is 14.7 Å². The van der Waals surface area contributed by atoms with Crippen LogP contribution in [0.2, 0.25) is 0 Å². The number of aromatic nitrogens is 3. The van der Waals surface area contributed by atoms with Gasteiger partial charge in [0.1, 0.15) is 11.4 Å². The zero-order valence-corrected chi connectivity index (χ0v) is 13.8. The summed E-state index contributed by atoms with van der Waals surface area (Å²) in [5, 5.41) is 18.3. The normalized spacial score (nSPS) is 20.3. The smallest absolute Gasteiger partial charge is 0.254 e. The highest BCUT2D eigenvalue weighted by atomic mass is 16.5. The molecular formula is C17H22N4O3. The van der Waals surface area contributed by atoms with E-state index in [1.165, 1.54) is 0 Å². The van der Waals surface area contributed by atoms with Crippen molar-refractivity contribution in [2.75, 3.05) is 19.7 Å². The quantitative estimate of drug-likeness (QED) is 0.864. The van der Waals surface area contributed by atoms with Gasteiger partial charge in [-0.3, -0.25) is 4.79 Å². The lowest BCUT2D eigenvalue weighted by Crippen LogP contribution is -2.39. The summed E-state index contributed by atoms with van der Waals surface area (Å²) in [4.78, 5) is 14.4. The van der Waals surface area contributed by atoms with Gasteiger partial charge in [-0.25, -0.2) is 4.68 Å². The van der Waals surface area contributed by atoms with E-state index in [-0.39, 0.29) is 12.5 Å². The van der Waals surface area contributed by atoms with Gasteiger partial charge in [0.25, 0.3) is 5.91 Å². The fourth-order valence-electron chi connectivity index (χ4n) is 2.90. The molecule has 24 heavy (non-hydrogen) atoms. The number of amides is 1. The Morgan fingerprint density at radius 2 is 2.33 bits per heavy atom. The topological polar surface area (TPSA) is 80.5 Å². The molecule has 7 nitrogen and oxygen atoms in total. The first-order valence-corrected chi connectivity index (χ1v) is 8.18. The molecule has 1 fully saturated rings. The molecular weight excluding hydrogens is 308 g/mol. The summed E-state index contributed by atoms with van der Waals surface area (Å²) in [5.74, 6) is 0.603. The average Bonchev–Trinajstić information content (AvgIpc) is 3.22. The standard InChI is InChI=1S/C17H22N4O3/c1-2-10-24-15-5-3-4-14(11-15)16(22)20-8-6-17(23,12-20)13-21-9-7-18-19-21/h3-5,7,9,11,23H,2,6,8,10,12-13H2,1H3.